The van der Waals surface area contributed by atoms with Gasteiger partial charge in [-0.05, 0) is 12.1 Å². The number of hydrogen-bond donors (Lipinski definition) is 3. The van der Waals surface area contributed by atoms with Crippen LogP contribution >= 0.6 is 0 Å². The summed E-state index contributed by atoms with van der Waals surface area (Å²) in [5.41, 5.74) is 0.715. The summed E-state index contributed by atoms with van der Waals surface area (Å²) in [5, 5.41) is 30.4. The van der Waals surface area contributed by atoms with Crippen molar-refractivity contribution in [2.45, 2.75) is 31.4 Å². The molecule has 21 heavy (non-hydrogen) atoms. The fraction of sp³-hybridized carbons (Fsp3) is 0.429. The molecule has 3 atom stereocenters. The van der Waals surface area contributed by atoms with E-state index in [-0.39, 0.29) is 6.04 Å². The molecule has 7 heteroatoms. The van der Waals surface area contributed by atoms with Gasteiger partial charge in [0.25, 0.3) is 0 Å². The number of nitrogens with zero attached hydrogens (tertiary/aromatic N) is 3. The Morgan fingerprint density at radius 3 is 2.81 bits per heavy atom. The fourth-order valence-corrected chi connectivity index (χ4v) is 2.32. The van der Waals surface area contributed by atoms with Gasteiger partial charge in [0, 0.05) is 6.54 Å². The zero-order valence-electron chi connectivity index (χ0n) is 11.5. The van der Waals surface area contributed by atoms with Crippen LogP contribution in [0.5, 0.6) is 5.75 Å². The van der Waals surface area contributed by atoms with E-state index >= 15 is 0 Å². The van der Waals surface area contributed by atoms with Crippen LogP contribution in [0.2, 0.25) is 0 Å². The molecule has 0 bridgehead atoms. The van der Waals surface area contributed by atoms with E-state index in [0.29, 0.717) is 25.4 Å². The molecule has 0 unspecified atom stereocenters. The van der Waals surface area contributed by atoms with Crippen LogP contribution in [-0.2, 0) is 13.2 Å². The van der Waals surface area contributed by atoms with Gasteiger partial charge in [-0.2, -0.15) is 0 Å². The standard InChI is InChI=1S/C14H18N4O3/c19-13-6-15-12(14(13)20)8-18-7-10(16-17-18)9-21-11-4-2-1-3-5-11/h1-5,7,12-15,19-20H,6,8-9H2/t12-,13+,14-/m0/s1. The zero-order valence-corrected chi connectivity index (χ0v) is 11.5. The minimum Gasteiger partial charge on any atom is -0.487 e. The molecule has 1 aromatic heterocycles. The molecule has 0 radical (unpaired) electrons. The molecule has 1 aliphatic rings. The molecule has 1 saturated heterocycles. The van der Waals surface area contributed by atoms with Crippen LogP contribution in [0.25, 0.3) is 0 Å². The van der Waals surface area contributed by atoms with Crippen LogP contribution in [0.15, 0.2) is 36.5 Å². The molecule has 3 N–H and O–H groups in total. The van der Waals surface area contributed by atoms with Crippen molar-refractivity contribution in [3.63, 3.8) is 0 Å². The van der Waals surface area contributed by atoms with Gasteiger partial charge in [0.05, 0.1) is 31.0 Å². The quantitative estimate of drug-likeness (QED) is 0.691. The molecule has 2 heterocycles. The van der Waals surface area contributed by atoms with E-state index in [4.69, 9.17) is 4.74 Å². The Labute approximate surface area is 122 Å². The summed E-state index contributed by atoms with van der Waals surface area (Å²) in [4.78, 5) is 0. The number of aliphatic hydroxyl groups excluding tert-OH is 2. The average molecular weight is 290 g/mol. The fourth-order valence-electron chi connectivity index (χ4n) is 2.32. The van der Waals surface area contributed by atoms with Gasteiger partial charge < -0.3 is 20.3 Å². The SMILES string of the molecule is O[C@@H]1[C@H](O)CN[C@H]1Cn1cc(COc2ccccc2)nn1. The summed E-state index contributed by atoms with van der Waals surface area (Å²) < 4.78 is 7.23. The van der Waals surface area contributed by atoms with Crippen molar-refractivity contribution < 1.29 is 14.9 Å². The first-order valence-corrected chi connectivity index (χ1v) is 6.89. The van der Waals surface area contributed by atoms with Crippen molar-refractivity contribution in [2.24, 2.45) is 0 Å². The minimum absolute atomic E-state index is 0.218. The maximum Gasteiger partial charge on any atom is 0.134 e. The third kappa shape index (κ3) is 3.38. The molecular weight excluding hydrogens is 272 g/mol. The van der Waals surface area contributed by atoms with Crippen LogP contribution in [-0.4, -0.2) is 50.0 Å². The van der Waals surface area contributed by atoms with Gasteiger partial charge in [0.15, 0.2) is 0 Å². The van der Waals surface area contributed by atoms with Crippen LogP contribution in [0.4, 0.5) is 0 Å². The van der Waals surface area contributed by atoms with Gasteiger partial charge in [0.2, 0.25) is 0 Å². The predicted molar refractivity (Wildman–Crippen MR) is 74.6 cm³/mol. The largest absolute Gasteiger partial charge is 0.487 e. The Morgan fingerprint density at radius 1 is 1.29 bits per heavy atom. The average Bonchev–Trinajstić information content (AvgIpc) is 3.08. The van der Waals surface area contributed by atoms with Crippen molar-refractivity contribution in [3.8, 4) is 5.75 Å². The number of nitrogens with one attached hydrogen (secondary N) is 1. The summed E-state index contributed by atoms with van der Waals surface area (Å²) in [6.07, 6.45) is 0.278. The molecule has 1 fully saturated rings. The minimum atomic E-state index is -0.779. The van der Waals surface area contributed by atoms with E-state index in [9.17, 15) is 10.2 Å². The molecule has 1 aromatic carbocycles. The first kappa shape index (κ1) is 14.0. The van der Waals surface area contributed by atoms with Crippen molar-refractivity contribution in [1.29, 1.82) is 0 Å². The number of hydrogen-bond acceptors (Lipinski definition) is 6. The summed E-state index contributed by atoms with van der Waals surface area (Å²) >= 11 is 0. The first-order valence-electron chi connectivity index (χ1n) is 6.89. The van der Waals surface area contributed by atoms with E-state index < -0.39 is 12.2 Å². The van der Waals surface area contributed by atoms with E-state index in [1.165, 1.54) is 0 Å². The molecule has 3 rings (SSSR count). The Kier molecular flexibility index (Phi) is 4.14. The van der Waals surface area contributed by atoms with Crippen LogP contribution in [0.1, 0.15) is 5.69 Å². The zero-order chi connectivity index (χ0) is 14.7. The lowest BCUT2D eigenvalue weighted by Gasteiger charge is -2.15. The topological polar surface area (TPSA) is 92.4 Å². The van der Waals surface area contributed by atoms with Gasteiger partial charge in [-0.3, -0.25) is 4.68 Å². The summed E-state index contributed by atoms with van der Waals surface area (Å²) in [6.45, 7) is 1.19. The molecule has 2 aromatic rings. The second-order valence-corrected chi connectivity index (χ2v) is 5.11. The molecule has 112 valence electrons. The lowest BCUT2D eigenvalue weighted by Crippen LogP contribution is -2.36. The predicted octanol–water partition coefficient (Wildman–Crippen LogP) is -0.449. The number of benzene rings is 1. The highest BCUT2D eigenvalue weighted by atomic mass is 16.5. The van der Waals surface area contributed by atoms with Crippen LogP contribution in [0, 0.1) is 0 Å². The second kappa shape index (κ2) is 6.21. The van der Waals surface area contributed by atoms with Gasteiger partial charge in [-0.1, -0.05) is 23.4 Å². The molecule has 1 aliphatic heterocycles. The highest BCUT2D eigenvalue weighted by molar-refractivity contribution is 5.21. The van der Waals surface area contributed by atoms with E-state index in [1.807, 2.05) is 30.3 Å². The number of aliphatic hydroxyl groups is 2. The number of rotatable bonds is 5. The highest BCUT2D eigenvalue weighted by Gasteiger charge is 2.33. The number of aromatic nitrogens is 3. The molecule has 0 aliphatic carbocycles. The Balaban J connectivity index is 1.54. The van der Waals surface area contributed by atoms with Crippen molar-refractivity contribution in [3.05, 3.63) is 42.2 Å². The maximum absolute atomic E-state index is 9.78. The summed E-state index contributed by atoms with van der Waals surface area (Å²) in [7, 11) is 0. The monoisotopic (exact) mass is 290 g/mol. The Hall–Kier alpha value is -1.96. The number of β-amino-alcohol motifs (C(OH)–C–C–N with tert-alkyl or cyclic N) is 1. The maximum atomic E-state index is 9.78. The van der Waals surface area contributed by atoms with Crippen molar-refractivity contribution in [1.82, 2.24) is 20.3 Å². The van der Waals surface area contributed by atoms with E-state index in [1.54, 1.807) is 10.9 Å². The van der Waals surface area contributed by atoms with Crippen LogP contribution < -0.4 is 10.1 Å². The number of para-hydroxylation sites is 1. The highest BCUT2D eigenvalue weighted by Crippen LogP contribution is 2.12. The lowest BCUT2D eigenvalue weighted by atomic mass is 10.1. The van der Waals surface area contributed by atoms with E-state index in [0.717, 1.165) is 5.75 Å². The normalized spacial score (nSPS) is 25.1. The smallest absolute Gasteiger partial charge is 0.134 e. The van der Waals surface area contributed by atoms with Crippen molar-refractivity contribution >= 4 is 0 Å². The van der Waals surface area contributed by atoms with Crippen molar-refractivity contribution in [2.75, 3.05) is 6.54 Å². The van der Waals surface area contributed by atoms with Gasteiger partial charge >= 0.3 is 0 Å². The van der Waals surface area contributed by atoms with E-state index in [2.05, 4.69) is 15.6 Å². The third-order valence-electron chi connectivity index (χ3n) is 3.50. The third-order valence-corrected chi connectivity index (χ3v) is 3.50. The summed E-state index contributed by atoms with van der Waals surface area (Å²) in [5.74, 6) is 0.781. The summed E-state index contributed by atoms with van der Waals surface area (Å²) in [6, 6.07) is 9.28. The lowest BCUT2D eigenvalue weighted by molar-refractivity contribution is 0.0372. The van der Waals surface area contributed by atoms with Gasteiger partial charge in [-0.15, -0.1) is 5.10 Å². The first-order chi connectivity index (χ1) is 10.2. The second-order valence-electron chi connectivity index (χ2n) is 5.11. The van der Waals surface area contributed by atoms with Crippen LogP contribution in [0.3, 0.4) is 0 Å². The van der Waals surface area contributed by atoms with Gasteiger partial charge in [-0.25, -0.2) is 0 Å². The molecule has 0 amide bonds. The molecule has 7 nitrogen and oxygen atoms in total. The molecule has 0 spiro atoms. The Morgan fingerprint density at radius 2 is 2.10 bits per heavy atom. The van der Waals surface area contributed by atoms with Gasteiger partial charge in [0.1, 0.15) is 18.1 Å². The Bertz CT molecular complexity index is 575. The number of ether oxygens (including phenoxy) is 1. The molecule has 0 saturated carbocycles. The molecular formula is C14H18N4O3.